The van der Waals surface area contributed by atoms with Crippen LogP contribution in [0, 0.1) is 5.92 Å². The summed E-state index contributed by atoms with van der Waals surface area (Å²) < 4.78 is 17.1. The van der Waals surface area contributed by atoms with Crippen molar-refractivity contribution in [3.63, 3.8) is 0 Å². The van der Waals surface area contributed by atoms with Crippen LogP contribution in [0.1, 0.15) is 31.4 Å². The first-order chi connectivity index (χ1) is 10.2. The van der Waals surface area contributed by atoms with E-state index < -0.39 is 6.10 Å². The van der Waals surface area contributed by atoms with Crippen molar-refractivity contribution in [1.82, 2.24) is 0 Å². The van der Waals surface area contributed by atoms with Crippen molar-refractivity contribution in [2.75, 3.05) is 26.9 Å². The fourth-order valence-corrected chi connectivity index (χ4v) is 3.26. The summed E-state index contributed by atoms with van der Waals surface area (Å²) in [5.74, 6) is 0.930. The second-order valence-electron chi connectivity index (χ2n) is 5.25. The molecule has 0 amide bonds. The molecule has 21 heavy (non-hydrogen) atoms. The van der Waals surface area contributed by atoms with Gasteiger partial charge in [-0.25, -0.2) is 0 Å². The van der Waals surface area contributed by atoms with Gasteiger partial charge < -0.3 is 19.3 Å². The van der Waals surface area contributed by atoms with E-state index in [1.165, 1.54) is 0 Å². The smallest absolute Gasteiger partial charge is 0.133 e. The Morgan fingerprint density at radius 3 is 2.90 bits per heavy atom. The van der Waals surface area contributed by atoms with E-state index in [1.54, 1.807) is 7.11 Å². The number of benzene rings is 1. The fraction of sp³-hybridized carbons (Fsp3) is 0.625. The third kappa shape index (κ3) is 4.19. The molecule has 0 bridgehead atoms. The van der Waals surface area contributed by atoms with E-state index in [2.05, 4.69) is 22.9 Å². The molecule has 1 aromatic rings. The molecule has 2 rings (SSSR count). The Kier molecular flexibility index (Phi) is 6.48. The minimum atomic E-state index is -0.498. The summed E-state index contributed by atoms with van der Waals surface area (Å²) in [6.45, 7) is 3.89. The van der Waals surface area contributed by atoms with Crippen molar-refractivity contribution < 1.29 is 19.3 Å². The summed E-state index contributed by atoms with van der Waals surface area (Å²) in [5, 5.41) is 10.6. The Labute approximate surface area is 134 Å². The lowest BCUT2D eigenvalue weighted by atomic mass is 9.89. The lowest BCUT2D eigenvalue weighted by Crippen LogP contribution is -2.22. The molecule has 1 aromatic carbocycles. The van der Waals surface area contributed by atoms with Crippen LogP contribution in [0.15, 0.2) is 22.7 Å². The largest absolute Gasteiger partial charge is 0.490 e. The molecule has 0 spiro atoms. The Morgan fingerprint density at radius 2 is 2.24 bits per heavy atom. The van der Waals surface area contributed by atoms with Gasteiger partial charge in [0.05, 0.1) is 23.3 Å². The molecule has 4 nitrogen and oxygen atoms in total. The van der Waals surface area contributed by atoms with Crippen LogP contribution in [0.2, 0.25) is 0 Å². The molecule has 5 heteroatoms. The Balaban J connectivity index is 2.04. The number of halogens is 1. The Hall–Kier alpha value is -0.620. The third-order valence-corrected chi connectivity index (χ3v) is 4.53. The van der Waals surface area contributed by atoms with E-state index in [-0.39, 0.29) is 12.0 Å². The SMILES string of the molecule is CCC1OCCC1C(O)c1ccc(OCCOC)c(Br)c1. The summed E-state index contributed by atoms with van der Waals surface area (Å²) in [7, 11) is 1.64. The molecule has 1 N–H and O–H groups in total. The number of aliphatic hydroxyl groups excluding tert-OH is 1. The number of ether oxygens (including phenoxy) is 3. The number of aliphatic hydroxyl groups is 1. The van der Waals surface area contributed by atoms with Gasteiger partial charge in [-0.2, -0.15) is 0 Å². The molecule has 118 valence electrons. The van der Waals surface area contributed by atoms with Crippen LogP contribution in [-0.2, 0) is 9.47 Å². The number of rotatable bonds is 7. The maximum atomic E-state index is 10.6. The molecule has 1 aliphatic heterocycles. The van der Waals surface area contributed by atoms with Gasteiger partial charge in [0.25, 0.3) is 0 Å². The van der Waals surface area contributed by atoms with Gasteiger partial charge in [0.1, 0.15) is 12.4 Å². The van der Waals surface area contributed by atoms with E-state index in [1.807, 2.05) is 18.2 Å². The summed E-state index contributed by atoms with van der Waals surface area (Å²) in [6.07, 6.45) is 1.49. The Morgan fingerprint density at radius 1 is 1.43 bits per heavy atom. The molecule has 1 saturated heterocycles. The lowest BCUT2D eigenvalue weighted by Gasteiger charge is -2.23. The molecule has 0 saturated carbocycles. The second-order valence-corrected chi connectivity index (χ2v) is 6.10. The zero-order valence-corrected chi connectivity index (χ0v) is 14.1. The minimum absolute atomic E-state index is 0.149. The summed E-state index contributed by atoms with van der Waals surface area (Å²) in [6, 6.07) is 5.73. The monoisotopic (exact) mass is 358 g/mol. The molecule has 0 aliphatic carbocycles. The van der Waals surface area contributed by atoms with Gasteiger partial charge in [0.2, 0.25) is 0 Å². The summed E-state index contributed by atoms with van der Waals surface area (Å²) in [4.78, 5) is 0. The number of hydrogen-bond acceptors (Lipinski definition) is 4. The molecular formula is C16H23BrO4. The van der Waals surface area contributed by atoms with Crippen molar-refractivity contribution in [2.45, 2.75) is 32.0 Å². The molecule has 1 aliphatic rings. The van der Waals surface area contributed by atoms with Gasteiger partial charge in [-0.05, 0) is 46.5 Å². The van der Waals surface area contributed by atoms with Crippen molar-refractivity contribution in [2.24, 2.45) is 5.92 Å². The van der Waals surface area contributed by atoms with E-state index in [0.717, 1.165) is 35.2 Å². The van der Waals surface area contributed by atoms with E-state index in [0.29, 0.717) is 13.2 Å². The van der Waals surface area contributed by atoms with Crippen molar-refractivity contribution in [3.05, 3.63) is 28.2 Å². The summed E-state index contributed by atoms with van der Waals surface area (Å²) in [5.41, 5.74) is 0.898. The van der Waals surface area contributed by atoms with Crippen LogP contribution in [0.3, 0.4) is 0 Å². The molecule has 3 atom stereocenters. The Bertz CT molecular complexity index is 452. The maximum absolute atomic E-state index is 10.6. The average molecular weight is 359 g/mol. The molecule has 3 unspecified atom stereocenters. The molecular weight excluding hydrogens is 336 g/mol. The van der Waals surface area contributed by atoms with Gasteiger partial charge in [0.15, 0.2) is 0 Å². The minimum Gasteiger partial charge on any atom is -0.490 e. The van der Waals surface area contributed by atoms with Gasteiger partial charge in [-0.3, -0.25) is 0 Å². The standard InChI is InChI=1S/C16H23BrO4/c1-3-14-12(6-7-20-14)16(18)11-4-5-15(13(17)10-11)21-9-8-19-2/h4-5,10,12,14,16,18H,3,6-9H2,1-2H3. The molecule has 0 aromatic heterocycles. The highest BCUT2D eigenvalue weighted by Gasteiger charge is 2.33. The number of methoxy groups -OCH3 is 1. The lowest BCUT2D eigenvalue weighted by molar-refractivity contribution is 0.0307. The highest BCUT2D eigenvalue weighted by atomic mass is 79.9. The van der Waals surface area contributed by atoms with Crippen LogP contribution in [0.25, 0.3) is 0 Å². The third-order valence-electron chi connectivity index (χ3n) is 3.91. The summed E-state index contributed by atoms with van der Waals surface area (Å²) >= 11 is 3.50. The fourth-order valence-electron chi connectivity index (χ4n) is 2.75. The van der Waals surface area contributed by atoms with Crippen LogP contribution < -0.4 is 4.74 Å². The average Bonchev–Trinajstić information content (AvgIpc) is 2.96. The van der Waals surface area contributed by atoms with Gasteiger partial charge >= 0.3 is 0 Å². The first-order valence-corrected chi connectivity index (χ1v) is 8.17. The number of hydrogen-bond donors (Lipinski definition) is 1. The van der Waals surface area contributed by atoms with Gasteiger partial charge in [-0.15, -0.1) is 0 Å². The second kappa shape index (κ2) is 8.13. The van der Waals surface area contributed by atoms with Gasteiger partial charge in [0, 0.05) is 19.6 Å². The van der Waals surface area contributed by atoms with Crippen molar-refractivity contribution in [1.29, 1.82) is 0 Å². The predicted molar refractivity (Wildman–Crippen MR) is 84.6 cm³/mol. The van der Waals surface area contributed by atoms with E-state index in [9.17, 15) is 5.11 Å². The quantitative estimate of drug-likeness (QED) is 0.759. The van der Waals surface area contributed by atoms with E-state index >= 15 is 0 Å². The highest BCUT2D eigenvalue weighted by molar-refractivity contribution is 9.10. The maximum Gasteiger partial charge on any atom is 0.133 e. The molecule has 1 fully saturated rings. The molecule has 1 heterocycles. The van der Waals surface area contributed by atoms with E-state index in [4.69, 9.17) is 14.2 Å². The first kappa shape index (κ1) is 16.7. The van der Waals surface area contributed by atoms with Crippen LogP contribution >= 0.6 is 15.9 Å². The topological polar surface area (TPSA) is 47.9 Å². The normalized spacial score (nSPS) is 23.2. The first-order valence-electron chi connectivity index (χ1n) is 7.38. The predicted octanol–water partition coefficient (Wildman–Crippen LogP) is 3.32. The van der Waals surface area contributed by atoms with Crippen molar-refractivity contribution in [3.8, 4) is 5.75 Å². The van der Waals surface area contributed by atoms with Crippen molar-refractivity contribution >= 4 is 15.9 Å². The van der Waals surface area contributed by atoms with Crippen LogP contribution in [-0.4, -0.2) is 38.1 Å². The van der Waals surface area contributed by atoms with Gasteiger partial charge in [-0.1, -0.05) is 13.0 Å². The zero-order valence-electron chi connectivity index (χ0n) is 12.5. The van der Waals surface area contributed by atoms with Crippen LogP contribution in [0.5, 0.6) is 5.75 Å². The van der Waals surface area contributed by atoms with Crippen LogP contribution in [0.4, 0.5) is 0 Å². The highest BCUT2D eigenvalue weighted by Crippen LogP contribution is 2.37. The molecule has 0 radical (unpaired) electrons. The zero-order chi connectivity index (χ0) is 15.2.